The van der Waals surface area contributed by atoms with E-state index in [1.165, 1.54) is 25.7 Å². The normalized spacial score (nSPS) is 39.9. The molecular weight excluding hydrogens is 122 g/mol. The van der Waals surface area contributed by atoms with Crippen molar-refractivity contribution in [2.24, 2.45) is 0 Å². The highest BCUT2D eigenvalue weighted by Crippen LogP contribution is 2.38. The lowest BCUT2D eigenvalue weighted by atomic mass is 10.0. The second-order valence-corrected chi connectivity index (χ2v) is 4.00. The second-order valence-electron chi connectivity index (χ2n) is 4.00. The van der Waals surface area contributed by atoms with Crippen LogP contribution in [0.4, 0.5) is 0 Å². The van der Waals surface area contributed by atoms with E-state index in [1.54, 1.807) is 0 Å². The van der Waals surface area contributed by atoms with Gasteiger partial charge >= 0.3 is 0 Å². The Morgan fingerprint density at radius 3 is 1.60 bits per heavy atom. The fourth-order valence-corrected chi connectivity index (χ4v) is 2.80. The first-order valence-electron chi connectivity index (χ1n) is 4.56. The molecule has 0 unspecified atom stereocenters. The topological polar surface area (TPSA) is 3.24 Å². The van der Waals surface area contributed by atoms with Crippen molar-refractivity contribution in [2.45, 2.75) is 57.7 Å². The van der Waals surface area contributed by atoms with Crippen molar-refractivity contribution in [2.75, 3.05) is 0 Å². The van der Waals surface area contributed by atoms with Crippen LogP contribution in [0.5, 0.6) is 0 Å². The lowest BCUT2D eigenvalue weighted by Gasteiger charge is -2.25. The summed E-state index contributed by atoms with van der Waals surface area (Å²) in [5.41, 5.74) is 0. The third-order valence-corrected chi connectivity index (χ3v) is 3.11. The molecule has 10 heavy (non-hydrogen) atoms. The lowest BCUT2D eigenvalue weighted by Crippen LogP contribution is -2.34. The van der Waals surface area contributed by atoms with Gasteiger partial charge in [0, 0.05) is 18.1 Å². The monoisotopic (exact) mass is 139 g/mol. The average Bonchev–Trinajstić information content (AvgIpc) is 2.43. The molecule has 0 aliphatic carbocycles. The van der Waals surface area contributed by atoms with Gasteiger partial charge in [0.05, 0.1) is 0 Å². The van der Waals surface area contributed by atoms with Crippen LogP contribution in [0.3, 0.4) is 0 Å². The quantitative estimate of drug-likeness (QED) is 0.537. The molecule has 2 saturated heterocycles. The van der Waals surface area contributed by atoms with E-state index in [9.17, 15) is 0 Å². The van der Waals surface area contributed by atoms with Gasteiger partial charge in [-0.3, -0.25) is 4.90 Å². The molecule has 0 saturated carbocycles. The Balaban J connectivity index is 2.09. The number of rotatable bonds is 1. The summed E-state index contributed by atoms with van der Waals surface area (Å²) in [5.74, 6) is 0. The van der Waals surface area contributed by atoms with Crippen LogP contribution >= 0.6 is 0 Å². The number of hydrogen-bond acceptors (Lipinski definition) is 1. The standard InChI is InChI=1S/C9H17N/c1-7(2)10-8-3-4-9(10)6-5-8/h7-9H,3-6H2,1-2H3/t8-,9+. The largest absolute Gasteiger partial charge is 0.295 e. The molecule has 0 atom stereocenters. The van der Waals surface area contributed by atoms with E-state index < -0.39 is 0 Å². The van der Waals surface area contributed by atoms with Gasteiger partial charge in [-0.15, -0.1) is 0 Å². The van der Waals surface area contributed by atoms with Crippen LogP contribution < -0.4 is 0 Å². The first-order valence-corrected chi connectivity index (χ1v) is 4.56. The summed E-state index contributed by atoms with van der Waals surface area (Å²) in [6.07, 6.45) is 5.90. The molecule has 0 aromatic heterocycles. The zero-order valence-corrected chi connectivity index (χ0v) is 7.01. The maximum absolute atomic E-state index is 2.72. The fourth-order valence-electron chi connectivity index (χ4n) is 2.80. The van der Waals surface area contributed by atoms with Gasteiger partial charge in [-0.25, -0.2) is 0 Å². The van der Waals surface area contributed by atoms with Crippen LogP contribution in [0, 0.1) is 0 Å². The van der Waals surface area contributed by atoms with Crippen LogP contribution in [0.15, 0.2) is 0 Å². The number of hydrogen-bond donors (Lipinski definition) is 0. The predicted octanol–water partition coefficient (Wildman–Crippen LogP) is 2.02. The third-order valence-electron chi connectivity index (χ3n) is 3.11. The van der Waals surface area contributed by atoms with Gasteiger partial charge in [0.25, 0.3) is 0 Å². The van der Waals surface area contributed by atoms with Crippen molar-refractivity contribution >= 4 is 0 Å². The molecule has 1 nitrogen and oxygen atoms in total. The Morgan fingerprint density at radius 1 is 1.00 bits per heavy atom. The zero-order valence-electron chi connectivity index (χ0n) is 7.01. The molecule has 1 heteroatoms. The summed E-state index contributed by atoms with van der Waals surface area (Å²) in [4.78, 5) is 2.72. The molecule has 0 N–H and O–H groups in total. The molecule has 2 aliphatic heterocycles. The first-order chi connectivity index (χ1) is 4.79. The van der Waals surface area contributed by atoms with Gasteiger partial charge in [-0.05, 0) is 39.5 Å². The summed E-state index contributed by atoms with van der Waals surface area (Å²) in [6, 6.07) is 2.72. The van der Waals surface area contributed by atoms with Crippen molar-refractivity contribution < 1.29 is 0 Å². The average molecular weight is 139 g/mol. The van der Waals surface area contributed by atoms with E-state index in [1.807, 2.05) is 0 Å². The summed E-state index contributed by atoms with van der Waals surface area (Å²) in [7, 11) is 0. The Bertz CT molecular complexity index is 111. The molecule has 0 spiro atoms. The van der Waals surface area contributed by atoms with E-state index in [-0.39, 0.29) is 0 Å². The summed E-state index contributed by atoms with van der Waals surface area (Å²) >= 11 is 0. The highest BCUT2D eigenvalue weighted by atomic mass is 15.2. The summed E-state index contributed by atoms with van der Waals surface area (Å²) in [6.45, 7) is 4.66. The van der Waals surface area contributed by atoms with Gasteiger partial charge in [0.2, 0.25) is 0 Å². The Morgan fingerprint density at radius 2 is 1.40 bits per heavy atom. The van der Waals surface area contributed by atoms with Crippen molar-refractivity contribution in [1.29, 1.82) is 0 Å². The fraction of sp³-hybridized carbons (Fsp3) is 1.00. The minimum absolute atomic E-state index is 0.792. The van der Waals surface area contributed by atoms with Crippen LogP contribution in [0.2, 0.25) is 0 Å². The Kier molecular flexibility index (Phi) is 1.48. The van der Waals surface area contributed by atoms with Crippen molar-refractivity contribution in [3.63, 3.8) is 0 Å². The van der Waals surface area contributed by atoms with E-state index in [0.29, 0.717) is 0 Å². The van der Waals surface area contributed by atoms with Crippen LogP contribution in [-0.2, 0) is 0 Å². The van der Waals surface area contributed by atoms with Gasteiger partial charge < -0.3 is 0 Å². The highest BCUT2D eigenvalue weighted by Gasteiger charge is 2.40. The van der Waals surface area contributed by atoms with E-state index in [2.05, 4.69) is 18.7 Å². The lowest BCUT2D eigenvalue weighted by molar-refractivity contribution is 0.201. The minimum Gasteiger partial charge on any atom is -0.295 e. The predicted molar refractivity (Wildman–Crippen MR) is 43.0 cm³/mol. The Hall–Kier alpha value is -0.0400. The number of nitrogens with zero attached hydrogens (tertiary/aromatic N) is 1. The number of fused-ring (bicyclic) bond motifs is 2. The minimum atomic E-state index is 0.792. The second kappa shape index (κ2) is 2.23. The van der Waals surface area contributed by atoms with Crippen LogP contribution in [0.25, 0.3) is 0 Å². The molecule has 2 rings (SSSR count). The molecule has 2 aliphatic rings. The molecule has 2 fully saturated rings. The first kappa shape index (κ1) is 6.66. The molecule has 0 aromatic rings. The van der Waals surface area contributed by atoms with E-state index in [4.69, 9.17) is 0 Å². The highest BCUT2D eigenvalue weighted by molar-refractivity contribution is 4.95. The summed E-state index contributed by atoms with van der Waals surface area (Å²) < 4.78 is 0. The summed E-state index contributed by atoms with van der Waals surface area (Å²) in [5, 5.41) is 0. The van der Waals surface area contributed by atoms with Gasteiger partial charge in [-0.1, -0.05) is 0 Å². The van der Waals surface area contributed by atoms with Crippen molar-refractivity contribution in [3.05, 3.63) is 0 Å². The zero-order chi connectivity index (χ0) is 7.14. The third kappa shape index (κ3) is 0.800. The molecule has 58 valence electrons. The van der Waals surface area contributed by atoms with Crippen molar-refractivity contribution in [1.82, 2.24) is 4.90 Å². The molecule has 0 aromatic carbocycles. The van der Waals surface area contributed by atoms with E-state index >= 15 is 0 Å². The van der Waals surface area contributed by atoms with Gasteiger partial charge in [0.15, 0.2) is 0 Å². The molecular formula is C9H17N. The van der Waals surface area contributed by atoms with Gasteiger partial charge in [-0.2, -0.15) is 0 Å². The maximum Gasteiger partial charge on any atom is 0.0102 e. The van der Waals surface area contributed by atoms with Crippen LogP contribution in [0.1, 0.15) is 39.5 Å². The molecule has 2 bridgehead atoms. The SMILES string of the molecule is CC(C)N1[C@H]2CC[C@@H]1CC2. The maximum atomic E-state index is 2.72. The molecule has 0 radical (unpaired) electrons. The smallest absolute Gasteiger partial charge is 0.0102 e. The van der Waals surface area contributed by atoms with Crippen LogP contribution in [-0.4, -0.2) is 23.0 Å². The molecule has 0 amide bonds. The Labute approximate surface area is 63.4 Å². The van der Waals surface area contributed by atoms with Crippen molar-refractivity contribution in [3.8, 4) is 0 Å². The van der Waals surface area contributed by atoms with Gasteiger partial charge in [0.1, 0.15) is 0 Å². The molecule has 2 heterocycles. The van der Waals surface area contributed by atoms with E-state index in [0.717, 1.165) is 18.1 Å².